The van der Waals surface area contributed by atoms with Crippen LogP contribution in [0.4, 0.5) is 11.6 Å². The van der Waals surface area contributed by atoms with E-state index in [4.69, 9.17) is 28.9 Å². The van der Waals surface area contributed by atoms with Crippen molar-refractivity contribution in [3.05, 3.63) is 45.7 Å². The Morgan fingerprint density at radius 2 is 1.80 bits per heavy atom. The van der Waals surface area contributed by atoms with Gasteiger partial charge in [-0.05, 0) is 57.0 Å². The van der Waals surface area contributed by atoms with E-state index in [1.54, 1.807) is 0 Å². The number of amides is 1. The van der Waals surface area contributed by atoms with E-state index in [0.717, 1.165) is 50.7 Å². The smallest absolute Gasteiger partial charge is 0.273 e. The molecule has 1 amide bonds. The number of piperidine rings is 1. The Hall–Kier alpha value is -2.13. The first kappa shape index (κ1) is 25.9. The molecule has 35 heavy (non-hydrogen) atoms. The van der Waals surface area contributed by atoms with Crippen LogP contribution in [0.5, 0.6) is 0 Å². The van der Waals surface area contributed by atoms with Gasteiger partial charge in [0.05, 0.1) is 0 Å². The standard InChI is InChI=1S/C25H35Cl2N7O/c1-3-19-16-33(24-22(27)30-21(23(28)31-24)25(35)29-4-2)13-14-34(19)20-9-11-32(12-10-20)15-17-5-7-18(26)8-6-17/h5-8,19-20H,3-4,9-16H2,1-2H3,(H2,28,31)(H,29,35)/t19-/m0/s1. The minimum Gasteiger partial charge on any atom is -0.382 e. The van der Waals surface area contributed by atoms with Crippen molar-refractivity contribution in [2.45, 2.75) is 51.7 Å². The summed E-state index contributed by atoms with van der Waals surface area (Å²) < 4.78 is 0. The molecule has 190 valence electrons. The number of aromatic nitrogens is 2. The van der Waals surface area contributed by atoms with Gasteiger partial charge in [-0.3, -0.25) is 14.6 Å². The van der Waals surface area contributed by atoms with E-state index < -0.39 is 0 Å². The van der Waals surface area contributed by atoms with Crippen molar-refractivity contribution in [3.63, 3.8) is 0 Å². The molecule has 0 unspecified atom stereocenters. The van der Waals surface area contributed by atoms with E-state index in [2.05, 4.69) is 49.0 Å². The SMILES string of the molecule is CCNC(=O)c1nc(Cl)c(N2CCN(C3CCN(Cc4ccc(Cl)cc4)CC3)[C@@H](CC)C2)nc1N. The molecule has 2 saturated heterocycles. The predicted octanol–water partition coefficient (Wildman–Crippen LogP) is 3.68. The molecule has 4 rings (SSSR count). The lowest BCUT2D eigenvalue weighted by Crippen LogP contribution is -2.58. The van der Waals surface area contributed by atoms with E-state index in [1.165, 1.54) is 18.4 Å². The van der Waals surface area contributed by atoms with E-state index in [-0.39, 0.29) is 22.6 Å². The van der Waals surface area contributed by atoms with Crippen molar-refractivity contribution in [2.75, 3.05) is 49.9 Å². The molecule has 3 heterocycles. The summed E-state index contributed by atoms with van der Waals surface area (Å²) in [7, 11) is 0. The number of carbonyl (C=O) groups excluding carboxylic acids is 1. The molecule has 0 radical (unpaired) electrons. The molecule has 8 nitrogen and oxygen atoms in total. The van der Waals surface area contributed by atoms with Gasteiger partial charge in [-0.2, -0.15) is 0 Å². The number of likely N-dealkylation sites (tertiary alicyclic amines) is 1. The van der Waals surface area contributed by atoms with Crippen LogP contribution < -0.4 is 16.0 Å². The largest absolute Gasteiger partial charge is 0.382 e. The minimum absolute atomic E-state index is 0.0802. The molecule has 0 bridgehead atoms. The van der Waals surface area contributed by atoms with Gasteiger partial charge in [-0.15, -0.1) is 0 Å². The first-order valence-corrected chi connectivity index (χ1v) is 13.2. The molecule has 2 aromatic rings. The molecule has 0 spiro atoms. The number of nitrogens with two attached hydrogens (primary N) is 1. The van der Waals surface area contributed by atoms with Crippen molar-refractivity contribution in [3.8, 4) is 0 Å². The van der Waals surface area contributed by atoms with Crippen LogP contribution in [0.15, 0.2) is 24.3 Å². The lowest BCUT2D eigenvalue weighted by molar-refractivity contribution is 0.0610. The Balaban J connectivity index is 1.36. The highest BCUT2D eigenvalue weighted by Gasteiger charge is 2.34. The van der Waals surface area contributed by atoms with Crippen LogP contribution in [0, 0.1) is 0 Å². The Morgan fingerprint density at radius 1 is 1.09 bits per heavy atom. The number of carbonyl (C=O) groups is 1. The second kappa shape index (κ2) is 11.7. The number of piperazine rings is 1. The normalized spacial score (nSPS) is 20.2. The molecule has 0 aliphatic carbocycles. The molecule has 2 aliphatic heterocycles. The van der Waals surface area contributed by atoms with Crippen LogP contribution in [-0.2, 0) is 6.54 Å². The molecule has 0 saturated carbocycles. The van der Waals surface area contributed by atoms with Crippen molar-refractivity contribution >= 4 is 40.7 Å². The lowest BCUT2D eigenvalue weighted by Gasteiger charge is -2.47. The number of nitrogen functional groups attached to an aromatic ring is 1. The number of benzene rings is 1. The van der Waals surface area contributed by atoms with Gasteiger partial charge in [-0.1, -0.05) is 42.3 Å². The molecule has 2 fully saturated rings. The van der Waals surface area contributed by atoms with Gasteiger partial charge in [0.1, 0.15) is 0 Å². The third kappa shape index (κ3) is 6.17. The summed E-state index contributed by atoms with van der Waals surface area (Å²) in [6.07, 6.45) is 3.37. The maximum atomic E-state index is 12.2. The number of hydrogen-bond donors (Lipinski definition) is 2. The Kier molecular flexibility index (Phi) is 8.70. The van der Waals surface area contributed by atoms with Gasteiger partial charge in [0, 0.05) is 49.8 Å². The van der Waals surface area contributed by atoms with Crippen LogP contribution in [0.25, 0.3) is 0 Å². The maximum absolute atomic E-state index is 12.2. The fourth-order valence-electron chi connectivity index (χ4n) is 5.19. The Labute approximate surface area is 217 Å². The lowest BCUT2D eigenvalue weighted by atomic mass is 9.98. The highest BCUT2D eigenvalue weighted by atomic mass is 35.5. The number of rotatable bonds is 7. The summed E-state index contributed by atoms with van der Waals surface area (Å²) in [6.45, 7) is 10.3. The molecule has 1 aromatic carbocycles. The average Bonchev–Trinajstić information content (AvgIpc) is 2.87. The molecule has 2 aliphatic rings. The van der Waals surface area contributed by atoms with Crippen LogP contribution in [-0.4, -0.2) is 77.0 Å². The van der Waals surface area contributed by atoms with Crippen molar-refractivity contribution in [1.29, 1.82) is 0 Å². The summed E-state index contributed by atoms with van der Waals surface area (Å²) in [5.41, 5.74) is 7.46. The predicted molar refractivity (Wildman–Crippen MR) is 142 cm³/mol. The van der Waals surface area contributed by atoms with Gasteiger partial charge in [-0.25, -0.2) is 9.97 Å². The molecular formula is C25H35Cl2N7O. The molecular weight excluding hydrogens is 485 g/mol. The minimum atomic E-state index is -0.357. The first-order chi connectivity index (χ1) is 16.9. The molecule has 10 heteroatoms. The van der Waals surface area contributed by atoms with Gasteiger partial charge in [0.25, 0.3) is 5.91 Å². The van der Waals surface area contributed by atoms with Gasteiger partial charge in [0.15, 0.2) is 22.5 Å². The van der Waals surface area contributed by atoms with Crippen molar-refractivity contribution < 1.29 is 4.79 Å². The number of nitrogens with one attached hydrogen (secondary N) is 1. The topological polar surface area (TPSA) is 90.6 Å². The van der Waals surface area contributed by atoms with Crippen LogP contribution in [0.1, 0.15) is 49.2 Å². The number of halogens is 2. The highest BCUT2D eigenvalue weighted by Crippen LogP contribution is 2.30. The monoisotopic (exact) mass is 519 g/mol. The zero-order chi connectivity index (χ0) is 24.9. The summed E-state index contributed by atoms with van der Waals surface area (Å²) in [5, 5.41) is 3.70. The summed E-state index contributed by atoms with van der Waals surface area (Å²) in [5.74, 6) is 0.316. The van der Waals surface area contributed by atoms with E-state index in [0.29, 0.717) is 24.4 Å². The third-order valence-corrected chi connectivity index (χ3v) is 7.57. The number of hydrogen-bond acceptors (Lipinski definition) is 7. The summed E-state index contributed by atoms with van der Waals surface area (Å²) in [6, 6.07) is 9.14. The van der Waals surface area contributed by atoms with Crippen molar-refractivity contribution in [1.82, 2.24) is 25.1 Å². The van der Waals surface area contributed by atoms with Crippen molar-refractivity contribution in [2.24, 2.45) is 0 Å². The highest BCUT2D eigenvalue weighted by molar-refractivity contribution is 6.32. The third-order valence-electron chi connectivity index (χ3n) is 7.06. The van der Waals surface area contributed by atoms with Crippen LogP contribution >= 0.6 is 23.2 Å². The van der Waals surface area contributed by atoms with Gasteiger partial charge >= 0.3 is 0 Å². The molecule has 1 atom stereocenters. The van der Waals surface area contributed by atoms with Gasteiger partial charge < -0.3 is 16.0 Å². The molecule has 3 N–H and O–H groups in total. The van der Waals surface area contributed by atoms with E-state index in [9.17, 15) is 4.79 Å². The molecule has 1 aromatic heterocycles. The van der Waals surface area contributed by atoms with E-state index >= 15 is 0 Å². The number of nitrogens with zero attached hydrogens (tertiary/aromatic N) is 5. The fraction of sp³-hybridized carbons (Fsp3) is 0.560. The number of anilines is 2. The zero-order valence-corrected chi connectivity index (χ0v) is 22.0. The summed E-state index contributed by atoms with van der Waals surface area (Å²) >= 11 is 12.5. The van der Waals surface area contributed by atoms with Gasteiger partial charge in [0.2, 0.25) is 0 Å². The first-order valence-electron chi connectivity index (χ1n) is 12.5. The van der Waals surface area contributed by atoms with Crippen LogP contribution in [0.3, 0.4) is 0 Å². The zero-order valence-electron chi connectivity index (χ0n) is 20.5. The maximum Gasteiger partial charge on any atom is 0.273 e. The summed E-state index contributed by atoms with van der Waals surface area (Å²) in [4.78, 5) is 28.3. The van der Waals surface area contributed by atoms with Crippen LogP contribution in [0.2, 0.25) is 10.2 Å². The van der Waals surface area contributed by atoms with E-state index in [1.807, 2.05) is 19.1 Å². The second-order valence-electron chi connectivity index (χ2n) is 9.31. The fourth-order valence-corrected chi connectivity index (χ4v) is 5.57. The second-order valence-corrected chi connectivity index (χ2v) is 10.1. The average molecular weight is 521 g/mol. The quantitative estimate of drug-likeness (QED) is 0.576. The Bertz CT molecular complexity index is 1010. The Morgan fingerprint density at radius 3 is 2.46 bits per heavy atom.